The van der Waals surface area contributed by atoms with E-state index in [9.17, 15) is 18.3 Å². The summed E-state index contributed by atoms with van der Waals surface area (Å²) >= 11 is 1.49. The van der Waals surface area contributed by atoms with E-state index in [2.05, 4.69) is 20.3 Å². The minimum Gasteiger partial charge on any atom is -0.386 e. The molecule has 0 radical (unpaired) electrons. The molecule has 0 amide bonds. The van der Waals surface area contributed by atoms with Gasteiger partial charge in [-0.25, -0.2) is 15.0 Å². The number of hydrogen-bond acceptors (Lipinski definition) is 7. The van der Waals surface area contributed by atoms with Crippen LogP contribution < -0.4 is 10.2 Å². The lowest BCUT2D eigenvalue weighted by atomic mass is 9.98. The average molecular weight is 407 g/mol. The lowest BCUT2D eigenvalue weighted by molar-refractivity contribution is -0.141. The van der Waals surface area contributed by atoms with E-state index in [0.29, 0.717) is 18.8 Å². The summed E-state index contributed by atoms with van der Waals surface area (Å²) in [5.41, 5.74) is -0.244. The predicted molar refractivity (Wildman–Crippen MR) is 101 cm³/mol. The number of alkyl halides is 3. The highest BCUT2D eigenvalue weighted by molar-refractivity contribution is 7.18. The van der Waals surface area contributed by atoms with Gasteiger partial charge in [0.1, 0.15) is 5.69 Å². The first-order chi connectivity index (χ1) is 13.2. The Kier molecular flexibility index (Phi) is 4.47. The number of thiazole rings is 1. The zero-order valence-electron chi connectivity index (χ0n) is 14.7. The summed E-state index contributed by atoms with van der Waals surface area (Å²) in [6.45, 7) is 2.85. The number of halogens is 3. The minimum atomic E-state index is -4.53. The summed E-state index contributed by atoms with van der Waals surface area (Å²) in [7, 11) is 0. The molecule has 28 heavy (non-hydrogen) atoms. The number of hydrogen-bond donors (Lipinski definition) is 2. The van der Waals surface area contributed by atoms with Gasteiger partial charge in [-0.2, -0.15) is 13.2 Å². The van der Waals surface area contributed by atoms with E-state index in [1.54, 1.807) is 31.3 Å². The second kappa shape index (κ2) is 6.71. The van der Waals surface area contributed by atoms with Gasteiger partial charge in [0.15, 0.2) is 5.13 Å². The molecule has 0 saturated carbocycles. The van der Waals surface area contributed by atoms with E-state index in [1.807, 2.05) is 11.0 Å². The first-order valence-electron chi connectivity index (χ1n) is 8.40. The van der Waals surface area contributed by atoms with E-state index < -0.39 is 17.5 Å². The normalized spacial score (nSPS) is 16.0. The predicted octanol–water partition coefficient (Wildman–Crippen LogP) is 3.93. The Bertz CT molecular complexity index is 997. The first-order valence-corrected chi connectivity index (χ1v) is 9.22. The molecule has 0 aliphatic carbocycles. The third-order valence-corrected chi connectivity index (χ3v) is 5.28. The van der Waals surface area contributed by atoms with Crippen molar-refractivity contribution in [3.63, 3.8) is 0 Å². The van der Waals surface area contributed by atoms with Crippen LogP contribution in [0.4, 0.5) is 29.9 Å². The van der Waals surface area contributed by atoms with Crippen LogP contribution in [-0.4, -0.2) is 38.7 Å². The summed E-state index contributed by atoms with van der Waals surface area (Å²) in [5.74, 6) is -0.125. The number of β-amino-alcohol motifs (C(OH)–C–C–N with tert-alkyl or cyclic N) is 1. The molecule has 1 saturated heterocycles. The highest BCUT2D eigenvalue weighted by Gasteiger charge is 2.38. The number of rotatable bonds is 4. The maximum Gasteiger partial charge on any atom is 0.433 e. The monoisotopic (exact) mass is 407 g/mol. The Labute approximate surface area is 162 Å². The summed E-state index contributed by atoms with van der Waals surface area (Å²) in [6.07, 6.45) is -1.71. The molecule has 2 N–H and O–H groups in total. The molecule has 0 bridgehead atoms. The Morgan fingerprint density at radius 3 is 2.71 bits per heavy atom. The maximum absolute atomic E-state index is 12.8. The van der Waals surface area contributed by atoms with Gasteiger partial charge in [0.05, 0.1) is 23.6 Å². The Balaban J connectivity index is 1.52. The summed E-state index contributed by atoms with van der Waals surface area (Å²) < 4.78 is 38.4. The van der Waals surface area contributed by atoms with E-state index in [1.165, 1.54) is 11.3 Å². The van der Waals surface area contributed by atoms with Crippen LogP contribution in [0.1, 0.15) is 12.6 Å². The molecule has 4 rings (SSSR count). The van der Waals surface area contributed by atoms with Crippen molar-refractivity contribution in [1.29, 1.82) is 0 Å². The zero-order valence-corrected chi connectivity index (χ0v) is 15.6. The van der Waals surface area contributed by atoms with Gasteiger partial charge >= 0.3 is 6.18 Å². The molecule has 3 aromatic rings. The fourth-order valence-electron chi connectivity index (χ4n) is 2.91. The fraction of sp³-hybridized carbons (Fsp3) is 0.278. The van der Waals surface area contributed by atoms with Gasteiger partial charge < -0.3 is 15.3 Å². The van der Waals surface area contributed by atoms with Crippen LogP contribution in [0.15, 0.2) is 42.7 Å². The van der Waals surface area contributed by atoms with Crippen LogP contribution in [-0.2, 0) is 6.18 Å². The number of benzene rings is 1. The lowest BCUT2D eigenvalue weighted by Gasteiger charge is -2.44. The second-order valence-electron chi connectivity index (χ2n) is 6.83. The first kappa shape index (κ1) is 18.6. The molecule has 0 spiro atoms. The Hall–Kier alpha value is -2.72. The molecular formula is C18H16F3N5OS. The average Bonchev–Trinajstić information content (AvgIpc) is 3.09. The minimum absolute atomic E-state index is 0.125. The second-order valence-corrected chi connectivity index (χ2v) is 7.84. The number of aromatic nitrogens is 3. The number of anilines is 3. The van der Waals surface area contributed by atoms with Gasteiger partial charge in [-0.15, -0.1) is 0 Å². The Morgan fingerprint density at radius 1 is 1.21 bits per heavy atom. The van der Waals surface area contributed by atoms with Gasteiger partial charge in [-0.1, -0.05) is 23.5 Å². The Morgan fingerprint density at radius 2 is 2.00 bits per heavy atom. The maximum atomic E-state index is 12.8. The van der Waals surface area contributed by atoms with Crippen molar-refractivity contribution >= 4 is 28.1 Å². The highest BCUT2D eigenvalue weighted by atomic mass is 32.1. The van der Waals surface area contributed by atoms with Crippen molar-refractivity contribution in [3.8, 4) is 10.4 Å². The lowest BCUT2D eigenvalue weighted by Crippen LogP contribution is -2.60. The molecule has 3 heterocycles. The van der Waals surface area contributed by atoms with Gasteiger partial charge in [0, 0.05) is 18.1 Å². The van der Waals surface area contributed by atoms with Gasteiger partial charge in [-0.3, -0.25) is 0 Å². The third-order valence-electron chi connectivity index (χ3n) is 4.18. The molecule has 146 valence electrons. The van der Waals surface area contributed by atoms with Crippen molar-refractivity contribution in [2.24, 2.45) is 0 Å². The molecule has 1 aliphatic rings. The molecular weight excluding hydrogens is 391 g/mol. The van der Waals surface area contributed by atoms with E-state index in [4.69, 9.17) is 0 Å². The largest absolute Gasteiger partial charge is 0.433 e. The number of nitrogens with zero attached hydrogens (tertiary/aromatic N) is 4. The highest BCUT2D eigenvalue weighted by Crippen LogP contribution is 2.36. The van der Waals surface area contributed by atoms with Crippen LogP contribution in [0.2, 0.25) is 0 Å². The molecule has 0 atom stereocenters. The van der Waals surface area contributed by atoms with E-state index in [0.717, 1.165) is 27.8 Å². The number of aliphatic hydroxyl groups is 1. The van der Waals surface area contributed by atoms with E-state index >= 15 is 0 Å². The van der Waals surface area contributed by atoms with Crippen LogP contribution in [0.25, 0.3) is 10.4 Å². The fourth-order valence-corrected chi connectivity index (χ4v) is 3.82. The molecule has 6 nitrogen and oxygen atoms in total. The van der Waals surface area contributed by atoms with Gasteiger partial charge in [0.2, 0.25) is 5.95 Å². The van der Waals surface area contributed by atoms with Crippen LogP contribution in [0.3, 0.4) is 0 Å². The van der Waals surface area contributed by atoms with Crippen LogP contribution in [0, 0.1) is 0 Å². The van der Waals surface area contributed by atoms with E-state index in [-0.39, 0.29) is 5.95 Å². The quantitative estimate of drug-likeness (QED) is 0.683. The molecule has 1 aliphatic heterocycles. The summed E-state index contributed by atoms with van der Waals surface area (Å²) in [6, 6.07) is 8.03. The number of nitrogens with one attached hydrogen (secondary N) is 1. The van der Waals surface area contributed by atoms with Crippen LogP contribution >= 0.6 is 11.3 Å². The van der Waals surface area contributed by atoms with Crippen molar-refractivity contribution in [2.45, 2.75) is 18.7 Å². The van der Waals surface area contributed by atoms with Crippen LogP contribution in [0.5, 0.6) is 0 Å². The standard InChI is InChI=1S/C18H16F3N5OS/c1-17(27)9-26(10-17)16-23-8-13(28-16)11-3-2-4-12(7-11)24-15-22-6-5-14(25-15)18(19,20)21/h2-8,27H,9-10H2,1H3,(H,22,24,25). The molecule has 10 heteroatoms. The van der Waals surface area contributed by atoms with Crippen molar-refractivity contribution in [3.05, 3.63) is 48.4 Å². The van der Waals surface area contributed by atoms with Gasteiger partial charge in [-0.05, 0) is 30.7 Å². The molecule has 0 unspecified atom stereocenters. The summed E-state index contributed by atoms with van der Waals surface area (Å²) in [4.78, 5) is 14.7. The molecule has 2 aromatic heterocycles. The topological polar surface area (TPSA) is 74.2 Å². The zero-order chi connectivity index (χ0) is 19.9. The summed E-state index contributed by atoms with van der Waals surface area (Å²) in [5, 5.41) is 13.5. The molecule has 1 aromatic carbocycles. The van der Waals surface area contributed by atoms with Crippen molar-refractivity contribution < 1.29 is 18.3 Å². The smallest absolute Gasteiger partial charge is 0.386 e. The van der Waals surface area contributed by atoms with Crippen molar-refractivity contribution in [2.75, 3.05) is 23.3 Å². The third kappa shape index (κ3) is 3.92. The molecule has 1 fully saturated rings. The SMILES string of the molecule is CC1(O)CN(c2ncc(-c3cccc(Nc4nccc(C(F)(F)F)n4)c3)s2)C1. The van der Waals surface area contributed by atoms with Gasteiger partial charge in [0.25, 0.3) is 0 Å². The van der Waals surface area contributed by atoms with Crippen molar-refractivity contribution in [1.82, 2.24) is 15.0 Å².